The van der Waals surface area contributed by atoms with Gasteiger partial charge in [-0.3, -0.25) is 9.59 Å². The Morgan fingerprint density at radius 3 is 2.07 bits per heavy atom. The number of benzene rings is 3. The van der Waals surface area contributed by atoms with Gasteiger partial charge in [0.05, 0.1) is 11.3 Å². The Kier molecular flexibility index (Phi) is 4.71. The smallest absolute Gasteiger partial charge is 0.256 e. The standard InChI is InChI=1S/C23H20N2O2/c26-22(19-11-5-4-10-18(19)16-8-2-1-3-9-16)25-21-13-7-6-12-20(21)23(27)24-17-14-15-17/h1-13,17H,14-15H2,(H,24,27)(H,25,26). The third-order valence-electron chi connectivity index (χ3n) is 4.59. The number of para-hydroxylation sites is 1. The van der Waals surface area contributed by atoms with Gasteiger partial charge >= 0.3 is 0 Å². The van der Waals surface area contributed by atoms with Crippen LogP contribution >= 0.6 is 0 Å². The molecule has 0 unspecified atom stereocenters. The summed E-state index contributed by atoms with van der Waals surface area (Å²) in [4.78, 5) is 25.4. The minimum Gasteiger partial charge on any atom is -0.349 e. The second kappa shape index (κ2) is 7.46. The Morgan fingerprint density at radius 2 is 1.33 bits per heavy atom. The zero-order valence-electron chi connectivity index (χ0n) is 14.8. The highest BCUT2D eigenvalue weighted by molar-refractivity contribution is 6.11. The number of nitrogens with one attached hydrogen (secondary N) is 2. The lowest BCUT2D eigenvalue weighted by Gasteiger charge is -2.13. The first-order chi connectivity index (χ1) is 13.2. The zero-order valence-corrected chi connectivity index (χ0v) is 14.8. The van der Waals surface area contributed by atoms with E-state index in [0.29, 0.717) is 16.8 Å². The fourth-order valence-corrected chi connectivity index (χ4v) is 3.02. The van der Waals surface area contributed by atoms with E-state index >= 15 is 0 Å². The largest absolute Gasteiger partial charge is 0.349 e. The van der Waals surface area contributed by atoms with E-state index in [1.54, 1.807) is 24.3 Å². The van der Waals surface area contributed by atoms with Crippen LogP contribution in [0, 0.1) is 0 Å². The first-order valence-electron chi connectivity index (χ1n) is 9.08. The number of amides is 2. The molecular formula is C23H20N2O2. The number of carbonyl (C=O) groups excluding carboxylic acids is 2. The summed E-state index contributed by atoms with van der Waals surface area (Å²) in [6.45, 7) is 0. The molecule has 0 radical (unpaired) electrons. The second-order valence-corrected chi connectivity index (χ2v) is 6.66. The minimum atomic E-state index is -0.235. The Balaban J connectivity index is 1.62. The Hall–Kier alpha value is -3.40. The molecule has 3 aromatic carbocycles. The monoisotopic (exact) mass is 356 g/mol. The van der Waals surface area contributed by atoms with Crippen LogP contribution in [0.25, 0.3) is 11.1 Å². The van der Waals surface area contributed by atoms with Crippen molar-refractivity contribution >= 4 is 17.5 Å². The molecule has 27 heavy (non-hydrogen) atoms. The van der Waals surface area contributed by atoms with Crippen LogP contribution in [0.4, 0.5) is 5.69 Å². The average Bonchev–Trinajstić information content (AvgIpc) is 3.53. The molecule has 1 saturated carbocycles. The molecule has 4 nitrogen and oxygen atoms in total. The van der Waals surface area contributed by atoms with Gasteiger partial charge in [0.15, 0.2) is 0 Å². The normalized spacial score (nSPS) is 13.0. The van der Waals surface area contributed by atoms with Crippen molar-refractivity contribution in [2.45, 2.75) is 18.9 Å². The second-order valence-electron chi connectivity index (χ2n) is 6.66. The van der Waals surface area contributed by atoms with Gasteiger partial charge in [-0.1, -0.05) is 60.7 Å². The summed E-state index contributed by atoms with van der Waals surface area (Å²) in [7, 11) is 0. The van der Waals surface area contributed by atoms with Gasteiger partial charge in [-0.05, 0) is 42.2 Å². The van der Waals surface area contributed by atoms with Gasteiger partial charge in [-0.2, -0.15) is 0 Å². The Morgan fingerprint density at radius 1 is 0.704 bits per heavy atom. The number of hydrogen-bond donors (Lipinski definition) is 2. The van der Waals surface area contributed by atoms with Gasteiger partial charge < -0.3 is 10.6 Å². The number of anilines is 1. The lowest BCUT2D eigenvalue weighted by atomic mass is 9.99. The molecule has 2 N–H and O–H groups in total. The summed E-state index contributed by atoms with van der Waals surface area (Å²) < 4.78 is 0. The fraction of sp³-hybridized carbons (Fsp3) is 0.130. The van der Waals surface area contributed by atoms with Crippen LogP contribution in [0.2, 0.25) is 0 Å². The molecule has 0 aliphatic heterocycles. The van der Waals surface area contributed by atoms with Crippen molar-refractivity contribution in [3.05, 3.63) is 90.0 Å². The molecule has 1 aliphatic rings. The predicted molar refractivity (Wildman–Crippen MR) is 107 cm³/mol. The average molecular weight is 356 g/mol. The van der Waals surface area contributed by atoms with Crippen molar-refractivity contribution in [3.63, 3.8) is 0 Å². The lowest BCUT2D eigenvalue weighted by molar-refractivity contribution is 0.0952. The summed E-state index contributed by atoms with van der Waals surface area (Å²) in [6, 6.07) is 24.6. The van der Waals surface area contributed by atoms with Crippen LogP contribution in [-0.2, 0) is 0 Å². The molecule has 2 amide bonds. The molecular weight excluding hydrogens is 336 g/mol. The van der Waals surface area contributed by atoms with Crippen molar-refractivity contribution < 1.29 is 9.59 Å². The molecule has 1 fully saturated rings. The summed E-state index contributed by atoms with van der Waals surface area (Å²) in [5.41, 5.74) is 3.40. The summed E-state index contributed by atoms with van der Waals surface area (Å²) in [5, 5.41) is 5.88. The van der Waals surface area contributed by atoms with Gasteiger partial charge in [0.2, 0.25) is 0 Å². The molecule has 0 saturated heterocycles. The summed E-state index contributed by atoms with van der Waals surface area (Å²) >= 11 is 0. The minimum absolute atomic E-state index is 0.148. The van der Waals surface area contributed by atoms with Gasteiger partial charge in [0.25, 0.3) is 11.8 Å². The van der Waals surface area contributed by atoms with Gasteiger partial charge in [0.1, 0.15) is 0 Å². The van der Waals surface area contributed by atoms with E-state index in [1.165, 1.54) is 0 Å². The van der Waals surface area contributed by atoms with Crippen LogP contribution in [0.3, 0.4) is 0 Å². The molecule has 134 valence electrons. The molecule has 0 atom stereocenters. The van der Waals surface area contributed by atoms with Crippen LogP contribution in [0.1, 0.15) is 33.6 Å². The first-order valence-corrected chi connectivity index (χ1v) is 9.08. The van der Waals surface area contributed by atoms with Crippen molar-refractivity contribution in [1.82, 2.24) is 5.32 Å². The summed E-state index contributed by atoms with van der Waals surface area (Å²) in [5.74, 6) is -0.383. The van der Waals surface area contributed by atoms with E-state index in [2.05, 4.69) is 10.6 Å². The van der Waals surface area contributed by atoms with E-state index in [-0.39, 0.29) is 17.9 Å². The van der Waals surface area contributed by atoms with E-state index < -0.39 is 0 Å². The summed E-state index contributed by atoms with van der Waals surface area (Å²) in [6.07, 6.45) is 2.04. The Labute approximate surface area is 158 Å². The topological polar surface area (TPSA) is 58.2 Å². The molecule has 0 spiro atoms. The molecule has 1 aliphatic carbocycles. The maximum absolute atomic E-state index is 13.0. The SMILES string of the molecule is O=C(NC1CC1)c1ccccc1NC(=O)c1ccccc1-c1ccccc1. The first kappa shape index (κ1) is 17.0. The number of hydrogen-bond acceptors (Lipinski definition) is 2. The molecule has 4 rings (SSSR count). The maximum Gasteiger partial charge on any atom is 0.256 e. The number of carbonyl (C=O) groups is 2. The zero-order chi connectivity index (χ0) is 18.6. The van der Waals surface area contributed by atoms with E-state index in [9.17, 15) is 9.59 Å². The van der Waals surface area contributed by atoms with Crippen molar-refractivity contribution in [1.29, 1.82) is 0 Å². The molecule has 3 aromatic rings. The number of rotatable bonds is 5. The predicted octanol–water partition coefficient (Wildman–Crippen LogP) is 4.50. The van der Waals surface area contributed by atoms with Crippen LogP contribution in [0.5, 0.6) is 0 Å². The van der Waals surface area contributed by atoms with E-state index in [0.717, 1.165) is 24.0 Å². The van der Waals surface area contributed by atoms with E-state index in [4.69, 9.17) is 0 Å². The van der Waals surface area contributed by atoms with Gasteiger partial charge in [-0.15, -0.1) is 0 Å². The van der Waals surface area contributed by atoms with Gasteiger partial charge in [-0.25, -0.2) is 0 Å². The van der Waals surface area contributed by atoms with Crippen molar-refractivity contribution in [2.24, 2.45) is 0 Å². The highest BCUT2D eigenvalue weighted by Gasteiger charge is 2.25. The van der Waals surface area contributed by atoms with Crippen LogP contribution < -0.4 is 10.6 Å². The molecule has 0 heterocycles. The molecule has 0 aromatic heterocycles. The quantitative estimate of drug-likeness (QED) is 0.707. The highest BCUT2D eigenvalue weighted by Crippen LogP contribution is 2.26. The third kappa shape index (κ3) is 3.90. The lowest BCUT2D eigenvalue weighted by Crippen LogP contribution is -2.27. The highest BCUT2D eigenvalue weighted by atomic mass is 16.2. The van der Waals surface area contributed by atoms with Crippen LogP contribution in [0.15, 0.2) is 78.9 Å². The van der Waals surface area contributed by atoms with Crippen molar-refractivity contribution in [3.8, 4) is 11.1 Å². The molecule has 0 bridgehead atoms. The maximum atomic E-state index is 13.0. The van der Waals surface area contributed by atoms with Crippen LogP contribution in [-0.4, -0.2) is 17.9 Å². The van der Waals surface area contributed by atoms with E-state index in [1.807, 2.05) is 54.6 Å². The van der Waals surface area contributed by atoms with Gasteiger partial charge in [0, 0.05) is 11.6 Å². The third-order valence-corrected chi connectivity index (χ3v) is 4.59. The Bertz CT molecular complexity index is 978. The molecule has 4 heteroatoms. The fourth-order valence-electron chi connectivity index (χ4n) is 3.02. The van der Waals surface area contributed by atoms with Crippen molar-refractivity contribution in [2.75, 3.05) is 5.32 Å².